The van der Waals surface area contributed by atoms with Crippen LogP contribution in [0.25, 0.3) is 0 Å². The number of carbonyl (C=O) groups is 1. The number of ether oxygens (including phenoxy) is 1. The maximum absolute atomic E-state index is 13.0. The third-order valence-electron chi connectivity index (χ3n) is 2.42. The lowest BCUT2D eigenvalue weighted by Gasteiger charge is -2.20. The van der Waals surface area contributed by atoms with Crippen molar-refractivity contribution >= 4 is 21.9 Å². The molecule has 0 aromatic heterocycles. The number of halogens is 2. The summed E-state index contributed by atoms with van der Waals surface area (Å²) in [5.74, 6) is -1.05. The van der Waals surface area contributed by atoms with E-state index >= 15 is 0 Å². The molecule has 1 aromatic carbocycles. The first-order valence-electron chi connectivity index (χ1n) is 5.32. The third kappa shape index (κ3) is 4.04. The van der Waals surface area contributed by atoms with Crippen LogP contribution in [0.3, 0.4) is 0 Å². The maximum atomic E-state index is 13.0. The van der Waals surface area contributed by atoms with E-state index in [1.807, 2.05) is 0 Å². The van der Waals surface area contributed by atoms with Crippen molar-refractivity contribution in [3.05, 3.63) is 34.1 Å². The highest BCUT2D eigenvalue weighted by molar-refractivity contribution is 9.10. The van der Waals surface area contributed by atoms with E-state index in [2.05, 4.69) is 26.0 Å². The predicted octanol–water partition coefficient (Wildman–Crippen LogP) is 1.60. The van der Waals surface area contributed by atoms with Gasteiger partial charge in [-0.1, -0.05) is 15.9 Å². The molecule has 0 aliphatic rings. The zero-order valence-corrected chi connectivity index (χ0v) is 11.8. The molecule has 0 aliphatic heterocycles. The van der Waals surface area contributed by atoms with E-state index in [0.717, 1.165) is 4.47 Å². The molecule has 1 unspecified atom stereocenters. The fourth-order valence-corrected chi connectivity index (χ4v) is 1.80. The molecule has 0 heterocycles. The summed E-state index contributed by atoms with van der Waals surface area (Å²) in [6.07, 6.45) is 0. The second-order valence-corrected chi connectivity index (χ2v) is 4.96. The monoisotopic (exact) mass is 319 g/mol. The highest BCUT2D eigenvalue weighted by Crippen LogP contribution is 2.17. The van der Waals surface area contributed by atoms with E-state index in [9.17, 15) is 14.3 Å². The maximum Gasteiger partial charge on any atom is 0.338 e. The summed E-state index contributed by atoms with van der Waals surface area (Å²) in [5, 5.41) is 12.6. The molecule has 1 rings (SSSR count). The van der Waals surface area contributed by atoms with Crippen molar-refractivity contribution in [1.82, 2.24) is 5.32 Å². The van der Waals surface area contributed by atoms with Crippen LogP contribution in [0.1, 0.15) is 12.5 Å². The predicted molar refractivity (Wildman–Crippen MR) is 68.4 cm³/mol. The number of hydrogen-bond acceptors (Lipinski definition) is 4. The van der Waals surface area contributed by atoms with Gasteiger partial charge in [0, 0.05) is 17.6 Å². The first-order valence-corrected chi connectivity index (χ1v) is 6.11. The highest BCUT2D eigenvalue weighted by atomic mass is 79.9. The highest BCUT2D eigenvalue weighted by Gasteiger charge is 2.30. The van der Waals surface area contributed by atoms with Crippen molar-refractivity contribution in [2.45, 2.75) is 19.1 Å². The van der Waals surface area contributed by atoms with Crippen molar-refractivity contribution in [3.8, 4) is 0 Å². The molecule has 0 radical (unpaired) electrons. The Balaban J connectivity index is 2.56. The van der Waals surface area contributed by atoms with Gasteiger partial charge in [-0.2, -0.15) is 0 Å². The van der Waals surface area contributed by atoms with Crippen LogP contribution >= 0.6 is 15.9 Å². The van der Waals surface area contributed by atoms with E-state index in [4.69, 9.17) is 0 Å². The standard InChI is InChI=1S/C12H15BrFNO3/c1-12(17,11(16)18-2)7-15-6-8-5-9(14)3-4-10(8)13/h3-5,15,17H,6-7H2,1-2H3. The lowest BCUT2D eigenvalue weighted by atomic mass is 10.1. The van der Waals surface area contributed by atoms with Gasteiger partial charge < -0.3 is 15.2 Å². The molecular formula is C12H15BrFNO3. The summed E-state index contributed by atoms with van der Waals surface area (Å²) >= 11 is 3.29. The van der Waals surface area contributed by atoms with Crippen molar-refractivity contribution in [3.63, 3.8) is 0 Å². The van der Waals surface area contributed by atoms with Crippen molar-refractivity contribution in [2.75, 3.05) is 13.7 Å². The molecule has 18 heavy (non-hydrogen) atoms. The molecule has 0 bridgehead atoms. The number of nitrogens with one attached hydrogen (secondary N) is 1. The zero-order chi connectivity index (χ0) is 13.8. The Hall–Kier alpha value is -0.980. The molecular weight excluding hydrogens is 305 g/mol. The van der Waals surface area contributed by atoms with Gasteiger partial charge in [0.1, 0.15) is 5.82 Å². The van der Waals surface area contributed by atoms with E-state index in [1.165, 1.54) is 26.2 Å². The van der Waals surface area contributed by atoms with E-state index in [-0.39, 0.29) is 12.4 Å². The molecule has 1 aromatic rings. The number of hydrogen-bond donors (Lipinski definition) is 2. The molecule has 4 nitrogen and oxygen atoms in total. The summed E-state index contributed by atoms with van der Waals surface area (Å²) in [6.45, 7) is 1.70. The second kappa shape index (κ2) is 6.26. The number of benzene rings is 1. The largest absolute Gasteiger partial charge is 0.467 e. The molecule has 0 aliphatic carbocycles. The van der Waals surface area contributed by atoms with Crippen LogP contribution in [0, 0.1) is 5.82 Å². The quantitative estimate of drug-likeness (QED) is 0.809. The molecule has 0 spiro atoms. The zero-order valence-electron chi connectivity index (χ0n) is 10.2. The molecule has 0 amide bonds. The minimum atomic E-state index is -1.60. The van der Waals surface area contributed by atoms with Crippen molar-refractivity contribution < 1.29 is 19.0 Å². The molecule has 2 N–H and O–H groups in total. The number of carbonyl (C=O) groups excluding carboxylic acids is 1. The van der Waals surface area contributed by atoms with Gasteiger partial charge in [-0.05, 0) is 30.7 Å². The van der Waals surface area contributed by atoms with Crippen LogP contribution in [-0.4, -0.2) is 30.3 Å². The van der Waals surface area contributed by atoms with E-state index in [0.29, 0.717) is 12.1 Å². The van der Waals surface area contributed by atoms with Crippen LogP contribution in [0.4, 0.5) is 4.39 Å². The van der Waals surface area contributed by atoms with Crippen LogP contribution < -0.4 is 5.32 Å². The van der Waals surface area contributed by atoms with Gasteiger partial charge in [-0.25, -0.2) is 9.18 Å². The van der Waals surface area contributed by atoms with Crippen LogP contribution in [0.5, 0.6) is 0 Å². The summed E-state index contributed by atoms with van der Waals surface area (Å²) in [5.41, 5.74) is -0.898. The first-order chi connectivity index (χ1) is 8.36. The average molecular weight is 320 g/mol. The number of esters is 1. The third-order valence-corrected chi connectivity index (χ3v) is 3.19. The van der Waals surface area contributed by atoms with Gasteiger partial charge in [0.2, 0.25) is 0 Å². The van der Waals surface area contributed by atoms with Gasteiger partial charge in [0.25, 0.3) is 0 Å². The Kier molecular flexibility index (Phi) is 5.25. The Morgan fingerprint density at radius 1 is 1.61 bits per heavy atom. The van der Waals surface area contributed by atoms with Gasteiger partial charge in [-0.15, -0.1) is 0 Å². The Morgan fingerprint density at radius 2 is 2.28 bits per heavy atom. The first kappa shape index (κ1) is 15.1. The molecule has 0 saturated heterocycles. The average Bonchev–Trinajstić information content (AvgIpc) is 2.32. The Labute approximate surface area is 113 Å². The molecule has 100 valence electrons. The fourth-order valence-electron chi connectivity index (χ4n) is 1.41. The summed E-state index contributed by atoms with van der Waals surface area (Å²) in [7, 11) is 1.21. The van der Waals surface area contributed by atoms with Gasteiger partial charge >= 0.3 is 5.97 Å². The minimum absolute atomic E-state index is 0.0165. The van der Waals surface area contributed by atoms with Gasteiger partial charge in [0.05, 0.1) is 7.11 Å². The molecule has 1 atom stereocenters. The number of rotatable bonds is 5. The van der Waals surface area contributed by atoms with Gasteiger partial charge in [-0.3, -0.25) is 0 Å². The van der Waals surface area contributed by atoms with Crippen molar-refractivity contribution in [2.24, 2.45) is 0 Å². The summed E-state index contributed by atoms with van der Waals surface area (Å²) in [6, 6.07) is 4.33. The molecule has 0 fully saturated rings. The van der Waals surface area contributed by atoms with Crippen LogP contribution in [0.2, 0.25) is 0 Å². The van der Waals surface area contributed by atoms with Gasteiger partial charge in [0.15, 0.2) is 5.60 Å². The van der Waals surface area contributed by atoms with E-state index in [1.54, 1.807) is 6.07 Å². The normalized spacial score (nSPS) is 14.1. The SMILES string of the molecule is COC(=O)C(C)(O)CNCc1cc(F)ccc1Br. The molecule has 6 heteroatoms. The topological polar surface area (TPSA) is 58.6 Å². The lowest BCUT2D eigenvalue weighted by Crippen LogP contribution is -2.45. The van der Waals surface area contributed by atoms with Crippen molar-refractivity contribution in [1.29, 1.82) is 0 Å². The second-order valence-electron chi connectivity index (χ2n) is 4.10. The minimum Gasteiger partial charge on any atom is -0.467 e. The Bertz CT molecular complexity index is 437. The summed E-state index contributed by atoms with van der Waals surface area (Å²) < 4.78 is 18.2. The lowest BCUT2D eigenvalue weighted by molar-refractivity contribution is -0.159. The number of methoxy groups -OCH3 is 1. The number of aliphatic hydroxyl groups is 1. The molecule has 0 saturated carbocycles. The fraction of sp³-hybridized carbons (Fsp3) is 0.417. The smallest absolute Gasteiger partial charge is 0.338 e. The Morgan fingerprint density at radius 3 is 2.89 bits per heavy atom. The van der Waals surface area contributed by atoms with E-state index < -0.39 is 11.6 Å². The van der Waals surface area contributed by atoms with Crippen LogP contribution in [0.15, 0.2) is 22.7 Å². The summed E-state index contributed by atoms with van der Waals surface area (Å²) in [4.78, 5) is 11.2. The van der Waals surface area contributed by atoms with Crippen LogP contribution in [-0.2, 0) is 16.1 Å².